The van der Waals surface area contributed by atoms with Gasteiger partial charge in [-0.25, -0.2) is 13.2 Å². The normalized spacial score (nSPS) is 27.0. The maximum atomic E-state index is 13.6. The molecule has 0 spiro atoms. The van der Waals surface area contributed by atoms with Crippen molar-refractivity contribution in [1.82, 2.24) is 0 Å². The van der Waals surface area contributed by atoms with Gasteiger partial charge in [-0.3, -0.25) is 0 Å². The predicted octanol–water partition coefficient (Wildman–Crippen LogP) is 3.36. The molecule has 2 rings (SSSR count). The van der Waals surface area contributed by atoms with E-state index in [2.05, 4.69) is 0 Å². The molecule has 0 aromatic heterocycles. The van der Waals surface area contributed by atoms with Crippen LogP contribution in [0.25, 0.3) is 0 Å². The largest absolute Gasteiger partial charge is 0.493 e. The number of hydrogen-bond acceptors (Lipinski definition) is 2. The van der Waals surface area contributed by atoms with Crippen molar-refractivity contribution < 1.29 is 27.0 Å². The Labute approximate surface area is 108 Å². The molecular formula is C13H14F4O2. The number of halogens is 4. The molecule has 0 amide bonds. The number of benzene rings is 1. The molecule has 6 heteroatoms. The third-order valence-corrected chi connectivity index (χ3v) is 3.55. The van der Waals surface area contributed by atoms with Crippen molar-refractivity contribution in [3.63, 3.8) is 0 Å². The van der Waals surface area contributed by atoms with Gasteiger partial charge in [-0.15, -0.1) is 0 Å². The lowest BCUT2D eigenvalue weighted by molar-refractivity contribution is -0.0366. The Bertz CT molecular complexity index is 464. The van der Waals surface area contributed by atoms with Gasteiger partial charge in [0.25, 0.3) is 6.43 Å². The zero-order chi connectivity index (χ0) is 14.2. The van der Waals surface area contributed by atoms with E-state index in [1.54, 1.807) is 6.92 Å². The lowest BCUT2D eigenvalue weighted by atomic mass is 9.86. The van der Waals surface area contributed by atoms with Crippen molar-refractivity contribution >= 4 is 0 Å². The van der Waals surface area contributed by atoms with Crippen molar-refractivity contribution in [2.45, 2.75) is 25.4 Å². The summed E-state index contributed by atoms with van der Waals surface area (Å²) in [7, 11) is 1.21. The minimum Gasteiger partial charge on any atom is -0.493 e. The maximum absolute atomic E-state index is 13.6. The summed E-state index contributed by atoms with van der Waals surface area (Å²) in [5.74, 6) is -3.32. The highest BCUT2D eigenvalue weighted by Crippen LogP contribution is 2.42. The Morgan fingerprint density at radius 3 is 2.53 bits per heavy atom. The van der Waals surface area contributed by atoms with E-state index in [1.165, 1.54) is 13.2 Å². The van der Waals surface area contributed by atoms with Crippen molar-refractivity contribution in [2.24, 2.45) is 5.92 Å². The third-order valence-electron chi connectivity index (χ3n) is 3.55. The number of rotatable bonds is 3. The van der Waals surface area contributed by atoms with E-state index in [0.717, 1.165) is 6.07 Å². The molecule has 3 unspecified atom stereocenters. The van der Waals surface area contributed by atoms with Crippen LogP contribution in [0.1, 0.15) is 18.4 Å². The molecule has 1 aromatic rings. The van der Waals surface area contributed by atoms with Gasteiger partial charge in [0, 0.05) is 11.5 Å². The molecule has 1 aromatic carbocycles. The summed E-state index contributed by atoms with van der Waals surface area (Å²) in [6, 6.07) is 2.32. The van der Waals surface area contributed by atoms with Gasteiger partial charge in [0.1, 0.15) is 6.10 Å². The maximum Gasteiger partial charge on any atom is 0.264 e. The summed E-state index contributed by atoms with van der Waals surface area (Å²) in [6.07, 6.45) is -3.79. The van der Waals surface area contributed by atoms with Crippen LogP contribution >= 0.6 is 0 Å². The second-order valence-corrected chi connectivity index (χ2v) is 4.58. The number of alkyl halides is 2. The van der Waals surface area contributed by atoms with E-state index < -0.39 is 36.0 Å². The lowest BCUT2D eigenvalue weighted by Crippen LogP contribution is -2.24. The first-order valence-corrected chi connectivity index (χ1v) is 5.89. The molecule has 0 bridgehead atoms. The molecule has 0 radical (unpaired) electrons. The second kappa shape index (κ2) is 5.36. The SMILES string of the molecule is COc1c(C2COC(C(F)F)C2C)ccc(F)c1F. The standard InChI is InChI=1S/C13H14F4O2/c1-6-8(5-19-11(6)13(16)17)7-3-4-9(14)10(15)12(7)18-2/h3-4,6,8,11,13H,5H2,1-2H3. The lowest BCUT2D eigenvalue weighted by Gasteiger charge is -2.20. The number of hydrogen-bond donors (Lipinski definition) is 0. The summed E-state index contributed by atoms with van der Waals surface area (Å²) in [4.78, 5) is 0. The van der Waals surface area contributed by atoms with Crippen LogP contribution in [0.5, 0.6) is 5.75 Å². The molecule has 0 N–H and O–H groups in total. The van der Waals surface area contributed by atoms with Crippen LogP contribution < -0.4 is 4.74 Å². The fourth-order valence-electron chi connectivity index (χ4n) is 2.47. The molecule has 1 aliphatic heterocycles. The van der Waals surface area contributed by atoms with Crippen LogP contribution in [-0.2, 0) is 4.74 Å². The number of methoxy groups -OCH3 is 1. The van der Waals surface area contributed by atoms with Crippen LogP contribution in [0, 0.1) is 17.6 Å². The third kappa shape index (κ3) is 2.41. The highest BCUT2D eigenvalue weighted by Gasteiger charge is 2.41. The fraction of sp³-hybridized carbons (Fsp3) is 0.538. The van der Waals surface area contributed by atoms with Gasteiger partial charge in [-0.05, 0) is 12.0 Å². The Balaban J connectivity index is 2.36. The summed E-state index contributed by atoms with van der Waals surface area (Å²) in [5.41, 5.74) is 0.358. The van der Waals surface area contributed by atoms with Crippen LogP contribution in [-0.4, -0.2) is 26.2 Å². The molecule has 3 atom stereocenters. The Hall–Kier alpha value is -1.30. The Morgan fingerprint density at radius 2 is 2.00 bits per heavy atom. The van der Waals surface area contributed by atoms with Crippen molar-refractivity contribution in [2.75, 3.05) is 13.7 Å². The van der Waals surface area contributed by atoms with E-state index in [0.29, 0.717) is 5.56 Å². The Morgan fingerprint density at radius 1 is 1.32 bits per heavy atom. The molecule has 2 nitrogen and oxygen atoms in total. The molecule has 0 aliphatic carbocycles. The summed E-state index contributed by atoms with van der Waals surface area (Å²) in [5, 5.41) is 0. The van der Waals surface area contributed by atoms with E-state index in [-0.39, 0.29) is 12.4 Å². The first-order valence-electron chi connectivity index (χ1n) is 5.89. The van der Waals surface area contributed by atoms with Gasteiger partial charge in [0.15, 0.2) is 11.6 Å². The molecule has 106 valence electrons. The quantitative estimate of drug-likeness (QED) is 0.789. The van der Waals surface area contributed by atoms with Crippen LogP contribution in [0.3, 0.4) is 0 Å². The number of ether oxygens (including phenoxy) is 2. The summed E-state index contributed by atoms with van der Waals surface area (Å²) in [6.45, 7) is 1.65. The predicted molar refractivity (Wildman–Crippen MR) is 60.6 cm³/mol. The van der Waals surface area contributed by atoms with E-state index in [1.807, 2.05) is 0 Å². The smallest absolute Gasteiger partial charge is 0.264 e. The summed E-state index contributed by atoms with van der Waals surface area (Å²) < 4.78 is 62.1. The Kier molecular flexibility index (Phi) is 3.99. The van der Waals surface area contributed by atoms with Gasteiger partial charge in [0.2, 0.25) is 5.82 Å². The first-order chi connectivity index (χ1) is 8.97. The topological polar surface area (TPSA) is 18.5 Å². The monoisotopic (exact) mass is 278 g/mol. The van der Waals surface area contributed by atoms with E-state index in [9.17, 15) is 17.6 Å². The van der Waals surface area contributed by atoms with Crippen molar-refractivity contribution in [3.8, 4) is 5.75 Å². The van der Waals surface area contributed by atoms with Gasteiger partial charge < -0.3 is 9.47 Å². The molecule has 1 fully saturated rings. The van der Waals surface area contributed by atoms with Gasteiger partial charge in [-0.2, -0.15) is 4.39 Å². The summed E-state index contributed by atoms with van der Waals surface area (Å²) >= 11 is 0. The molecule has 0 saturated carbocycles. The second-order valence-electron chi connectivity index (χ2n) is 4.58. The van der Waals surface area contributed by atoms with Gasteiger partial charge in [0.05, 0.1) is 13.7 Å². The zero-order valence-electron chi connectivity index (χ0n) is 10.5. The van der Waals surface area contributed by atoms with Gasteiger partial charge >= 0.3 is 0 Å². The fourth-order valence-corrected chi connectivity index (χ4v) is 2.47. The van der Waals surface area contributed by atoms with Crippen LogP contribution in [0.4, 0.5) is 17.6 Å². The van der Waals surface area contributed by atoms with E-state index in [4.69, 9.17) is 9.47 Å². The van der Waals surface area contributed by atoms with E-state index >= 15 is 0 Å². The molecule has 1 heterocycles. The highest BCUT2D eigenvalue weighted by atomic mass is 19.3. The van der Waals surface area contributed by atoms with Crippen LogP contribution in [0.15, 0.2) is 12.1 Å². The van der Waals surface area contributed by atoms with Crippen molar-refractivity contribution in [1.29, 1.82) is 0 Å². The molecule has 1 aliphatic rings. The zero-order valence-corrected chi connectivity index (χ0v) is 10.5. The molecule has 1 saturated heterocycles. The first kappa shape index (κ1) is 14.1. The van der Waals surface area contributed by atoms with Crippen LogP contribution in [0.2, 0.25) is 0 Å². The average Bonchev–Trinajstić information content (AvgIpc) is 2.74. The van der Waals surface area contributed by atoms with Gasteiger partial charge in [-0.1, -0.05) is 13.0 Å². The molecular weight excluding hydrogens is 264 g/mol. The molecule has 19 heavy (non-hydrogen) atoms. The minimum atomic E-state index is -2.60. The average molecular weight is 278 g/mol. The minimum absolute atomic E-state index is 0.0393. The van der Waals surface area contributed by atoms with Crippen molar-refractivity contribution in [3.05, 3.63) is 29.3 Å². The highest BCUT2D eigenvalue weighted by molar-refractivity contribution is 5.39.